The summed E-state index contributed by atoms with van der Waals surface area (Å²) in [6, 6.07) is 3.84. The molecule has 0 unspecified atom stereocenters. The van der Waals surface area contributed by atoms with Gasteiger partial charge in [0.1, 0.15) is 0 Å². The van der Waals surface area contributed by atoms with Crippen molar-refractivity contribution in [2.75, 3.05) is 6.54 Å². The summed E-state index contributed by atoms with van der Waals surface area (Å²) in [6.45, 7) is 2.56. The van der Waals surface area contributed by atoms with Gasteiger partial charge < -0.3 is 5.73 Å². The molecule has 0 saturated carbocycles. The fraction of sp³-hybridized carbons (Fsp3) is 0.250. The molecule has 6 heteroatoms. The maximum Gasteiger partial charge on any atom is 0.251 e. The molecule has 18 heavy (non-hydrogen) atoms. The number of H-pyrrole nitrogens is 1. The van der Waals surface area contributed by atoms with Crippen molar-refractivity contribution in [3.05, 3.63) is 35.9 Å². The van der Waals surface area contributed by atoms with E-state index in [1.54, 1.807) is 12.4 Å². The number of nitrogens with two attached hydrogens (primary N) is 1. The highest BCUT2D eigenvalue weighted by molar-refractivity contribution is 5.55. The van der Waals surface area contributed by atoms with Gasteiger partial charge >= 0.3 is 0 Å². The van der Waals surface area contributed by atoms with Crippen LogP contribution in [0.2, 0.25) is 0 Å². The van der Waals surface area contributed by atoms with Crippen LogP contribution in [0.3, 0.4) is 0 Å². The standard InChI is InChI=1S/C12H14N6/c1-8-10(4-5-13)18-12(15-8)16-11(17-18)9-3-2-6-14-7-9/h2-3,6-7H,4-5,13H2,1H3,(H,15,16,17). The number of pyridine rings is 1. The summed E-state index contributed by atoms with van der Waals surface area (Å²) in [4.78, 5) is 13.0. The molecule has 3 heterocycles. The van der Waals surface area contributed by atoms with E-state index in [9.17, 15) is 0 Å². The van der Waals surface area contributed by atoms with Gasteiger partial charge in [0.2, 0.25) is 0 Å². The van der Waals surface area contributed by atoms with E-state index in [2.05, 4.69) is 20.1 Å². The molecule has 3 aromatic heterocycles. The van der Waals surface area contributed by atoms with E-state index < -0.39 is 0 Å². The van der Waals surface area contributed by atoms with E-state index >= 15 is 0 Å². The Bertz CT molecular complexity index is 667. The summed E-state index contributed by atoms with van der Waals surface area (Å²) in [5, 5.41) is 3.23. The number of aryl methyl sites for hydroxylation is 1. The van der Waals surface area contributed by atoms with Crippen LogP contribution in [0.4, 0.5) is 0 Å². The SMILES string of the molecule is Cc1nc2nc(-c3cccnc3)[nH]n2c1CCN. The van der Waals surface area contributed by atoms with Gasteiger partial charge in [0, 0.05) is 24.4 Å². The molecule has 0 aromatic carbocycles. The summed E-state index contributed by atoms with van der Waals surface area (Å²) >= 11 is 0. The molecule has 6 nitrogen and oxygen atoms in total. The molecular formula is C12H14N6. The molecular weight excluding hydrogens is 228 g/mol. The lowest BCUT2D eigenvalue weighted by Gasteiger charge is -1.98. The van der Waals surface area contributed by atoms with Crippen molar-refractivity contribution in [2.24, 2.45) is 5.73 Å². The molecule has 0 spiro atoms. The second-order valence-corrected chi connectivity index (χ2v) is 4.13. The van der Waals surface area contributed by atoms with Gasteiger partial charge in [-0.05, 0) is 25.6 Å². The zero-order chi connectivity index (χ0) is 12.5. The number of hydrogen-bond donors (Lipinski definition) is 2. The quantitative estimate of drug-likeness (QED) is 0.715. The smallest absolute Gasteiger partial charge is 0.251 e. The third-order valence-electron chi connectivity index (χ3n) is 2.90. The monoisotopic (exact) mass is 242 g/mol. The van der Waals surface area contributed by atoms with Crippen molar-refractivity contribution < 1.29 is 0 Å². The number of nitrogens with zero attached hydrogens (tertiary/aromatic N) is 4. The van der Waals surface area contributed by atoms with E-state index in [0.29, 0.717) is 12.3 Å². The topological polar surface area (TPSA) is 84.9 Å². The number of aromatic nitrogens is 5. The van der Waals surface area contributed by atoms with Gasteiger partial charge in [-0.25, -0.2) is 9.50 Å². The second-order valence-electron chi connectivity index (χ2n) is 4.13. The molecule has 0 bridgehead atoms. The van der Waals surface area contributed by atoms with Crippen LogP contribution < -0.4 is 5.73 Å². The highest BCUT2D eigenvalue weighted by Gasteiger charge is 2.13. The molecule has 3 N–H and O–H groups in total. The van der Waals surface area contributed by atoms with Crippen molar-refractivity contribution >= 4 is 5.78 Å². The van der Waals surface area contributed by atoms with Gasteiger partial charge in [0.05, 0.1) is 11.4 Å². The first-order chi connectivity index (χ1) is 8.79. The highest BCUT2D eigenvalue weighted by Crippen LogP contribution is 2.17. The third kappa shape index (κ3) is 1.67. The molecule has 0 saturated heterocycles. The molecule has 3 rings (SSSR count). The lowest BCUT2D eigenvalue weighted by Crippen LogP contribution is -2.06. The van der Waals surface area contributed by atoms with E-state index in [4.69, 9.17) is 5.73 Å². The Kier molecular flexibility index (Phi) is 2.56. The van der Waals surface area contributed by atoms with Gasteiger partial charge in [-0.2, -0.15) is 4.98 Å². The van der Waals surface area contributed by atoms with E-state index in [1.165, 1.54) is 0 Å². The summed E-state index contributed by atoms with van der Waals surface area (Å²) < 4.78 is 1.89. The summed E-state index contributed by atoms with van der Waals surface area (Å²) in [5.74, 6) is 1.44. The van der Waals surface area contributed by atoms with Crippen molar-refractivity contribution in [3.63, 3.8) is 0 Å². The molecule has 0 atom stereocenters. The largest absolute Gasteiger partial charge is 0.330 e. The van der Waals surface area contributed by atoms with Gasteiger partial charge in [0.25, 0.3) is 5.78 Å². The third-order valence-corrected chi connectivity index (χ3v) is 2.90. The number of imidazole rings is 1. The van der Waals surface area contributed by atoms with Crippen molar-refractivity contribution in [1.82, 2.24) is 24.6 Å². The van der Waals surface area contributed by atoms with E-state index in [1.807, 2.05) is 23.6 Å². The molecule has 0 aliphatic rings. The van der Waals surface area contributed by atoms with Gasteiger partial charge in [-0.15, -0.1) is 0 Å². The van der Waals surface area contributed by atoms with Crippen LogP contribution >= 0.6 is 0 Å². The lowest BCUT2D eigenvalue weighted by molar-refractivity contribution is 0.835. The van der Waals surface area contributed by atoms with Crippen LogP contribution in [0, 0.1) is 6.92 Å². The van der Waals surface area contributed by atoms with Crippen LogP contribution in [0.15, 0.2) is 24.5 Å². The second kappa shape index (κ2) is 4.23. The number of rotatable bonds is 3. The van der Waals surface area contributed by atoms with Crippen molar-refractivity contribution in [3.8, 4) is 11.4 Å². The Morgan fingerprint density at radius 3 is 3.00 bits per heavy atom. The minimum Gasteiger partial charge on any atom is -0.330 e. The normalized spacial score (nSPS) is 11.2. The van der Waals surface area contributed by atoms with Gasteiger partial charge in [-0.1, -0.05) is 0 Å². The Hall–Kier alpha value is -2.21. The minimum atomic E-state index is 0.593. The molecule has 92 valence electrons. The molecule has 0 fully saturated rings. The van der Waals surface area contributed by atoms with Gasteiger partial charge in [-0.3, -0.25) is 10.1 Å². The van der Waals surface area contributed by atoms with Crippen LogP contribution in [0.5, 0.6) is 0 Å². The van der Waals surface area contributed by atoms with Crippen molar-refractivity contribution in [2.45, 2.75) is 13.3 Å². The van der Waals surface area contributed by atoms with Crippen molar-refractivity contribution in [1.29, 1.82) is 0 Å². The van der Waals surface area contributed by atoms with Gasteiger partial charge in [0.15, 0.2) is 5.82 Å². The molecule has 0 amide bonds. The van der Waals surface area contributed by atoms with Crippen LogP contribution in [-0.4, -0.2) is 31.1 Å². The highest BCUT2D eigenvalue weighted by atomic mass is 15.3. The summed E-state index contributed by atoms with van der Waals surface area (Å²) in [6.07, 6.45) is 4.29. The predicted molar refractivity (Wildman–Crippen MR) is 68.1 cm³/mol. The van der Waals surface area contributed by atoms with Crippen LogP contribution in [0.1, 0.15) is 11.4 Å². The predicted octanol–water partition coefficient (Wildman–Crippen LogP) is 0.929. The summed E-state index contributed by atoms with van der Waals surface area (Å²) in [5.41, 5.74) is 8.60. The number of nitrogens with one attached hydrogen (secondary N) is 1. The first kappa shape index (κ1) is 10.9. The summed E-state index contributed by atoms with van der Waals surface area (Å²) in [7, 11) is 0. The van der Waals surface area contributed by atoms with Crippen LogP contribution in [-0.2, 0) is 6.42 Å². The Balaban J connectivity index is 2.12. The molecule has 0 aliphatic carbocycles. The maximum atomic E-state index is 5.61. The fourth-order valence-electron chi connectivity index (χ4n) is 2.03. The Labute approximate surface area is 104 Å². The van der Waals surface area contributed by atoms with E-state index in [0.717, 1.165) is 29.2 Å². The maximum absolute atomic E-state index is 5.61. The first-order valence-corrected chi connectivity index (χ1v) is 5.84. The minimum absolute atomic E-state index is 0.593. The molecule has 3 aromatic rings. The average Bonchev–Trinajstić information content (AvgIpc) is 2.91. The average molecular weight is 242 g/mol. The number of fused-ring (bicyclic) bond motifs is 1. The first-order valence-electron chi connectivity index (χ1n) is 5.84. The Morgan fingerprint density at radius 1 is 1.39 bits per heavy atom. The fourth-order valence-corrected chi connectivity index (χ4v) is 2.03. The molecule has 0 aliphatic heterocycles. The van der Waals surface area contributed by atoms with E-state index in [-0.39, 0.29) is 0 Å². The number of aromatic amines is 1. The van der Waals surface area contributed by atoms with Crippen LogP contribution in [0.25, 0.3) is 17.2 Å². The number of hydrogen-bond acceptors (Lipinski definition) is 4. The zero-order valence-electron chi connectivity index (χ0n) is 10.1. The lowest BCUT2D eigenvalue weighted by atomic mass is 10.2. The Morgan fingerprint density at radius 2 is 2.28 bits per heavy atom. The zero-order valence-corrected chi connectivity index (χ0v) is 10.1. The molecule has 0 radical (unpaired) electrons.